The van der Waals surface area contributed by atoms with Crippen molar-refractivity contribution in [2.75, 3.05) is 6.54 Å². The first-order chi connectivity index (χ1) is 7.22. The van der Waals surface area contributed by atoms with Gasteiger partial charge in [0.15, 0.2) is 0 Å². The highest BCUT2D eigenvalue weighted by atomic mass is 16.3. The molecule has 0 aromatic heterocycles. The van der Waals surface area contributed by atoms with Gasteiger partial charge in [-0.3, -0.25) is 0 Å². The standard InChI is InChI=1S/C13H23NO/c14-2-1-12(15)13-6-9-3-10(7-13)5-11(4-9)8-13/h9-12,15H,1-8,14H2/t9?,10?,11?,12-,13?/m0/s1. The van der Waals surface area contributed by atoms with Crippen LogP contribution in [0, 0.1) is 23.2 Å². The molecule has 3 N–H and O–H groups in total. The third-order valence-corrected chi connectivity index (χ3v) is 5.23. The number of hydrogen-bond acceptors (Lipinski definition) is 2. The first-order valence-corrected chi connectivity index (χ1v) is 6.60. The van der Waals surface area contributed by atoms with E-state index in [-0.39, 0.29) is 11.5 Å². The molecule has 15 heavy (non-hydrogen) atoms. The first kappa shape index (κ1) is 10.1. The van der Waals surface area contributed by atoms with Crippen LogP contribution in [0.3, 0.4) is 0 Å². The fourth-order valence-electron chi connectivity index (χ4n) is 5.05. The van der Waals surface area contributed by atoms with Gasteiger partial charge in [0.25, 0.3) is 0 Å². The van der Waals surface area contributed by atoms with Crippen LogP contribution in [0.1, 0.15) is 44.9 Å². The fraction of sp³-hybridized carbons (Fsp3) is 1.00. The summed E-state index contributed by atoms with van der Waals surface area (Å²) in [5, 5.41) is 10.3. The Morgan fingerprint density at radius 2 is 1.53 bits per heavy atom. The van der Waals surface area contributed by atoms with Gasteiger partial charge in [-0.05, 0) is 74.7 Å². The van der Waals surface area contributed by atoms with E-state index in [2.05, 4.69) is 0 Å². The van der Waals surface area contributed by atoms with Crippen molar-refractivity contribution in [2.24, 2.45) is 28.9 Å². The van der Waals surface area contributed by atoms with Gasteiger partial charge in [0, 0.05) is 0 Å². The average molecular weight is 209 g/mol. The molecule has 0 heterocycles. The Morgan fingerprint density at radius 1 is 1.07 bits per heavy atom. The minimum absolute atomic E-state index is 0.115. The van der Waals surface area contributed by atoms with E-state index >= 15 is 0 Å². The number of aliphatic hydroxyl groups is 1. The molecular formula is C13H23NO. The maximum absolute atomic E-state index is 10.3. The van der Waals surface area contributed by atoms with E-state index in [4.69, 9.17) is 5.73 Å². The van der Waals surface area contributed by atoms with E-state index in [0.717, 1.165) is 24.2 Å². The lowest BCUT2D eigenvalue weighted by molar-refractivity contribution is -0.121. The zero-order valence-electron chi connectivity index (χ0n) is 9.49. The summed E-state index contributed by atoms with van der Waals surface area (Å²) in [6.45, 7) is 0.642. The zero-order chi connectivity index (χ0) is 10.5. The van der Waals surface area contributed by atoms with Crippen molar-refractivity contribution < 1.29 is 5.11 Å². The molecule has 0 aliphatic heterocycles. The van der Waals surface area contributed by atoms with Crippen LogP contribution in [0.2, 0.25) is 0 Å². The minimum atomic E-state index is -0.115. The molecule has 0 saturated heterocycles. The quantitative estimate of drug-likeness (QED) is 0.746. The largest absolute Gasteiger partial charge is 0.393 e. The first-order valence-electron chi connectivity index (χ1n) is 6.60. The van der Waals surface area contributed by atoms with Crippen LogP contribution >= 0.6 is 0 Å². The summed E-state index contributed by atoms with van der Waals surface area (Å²) in [6.07, 6.45) is 8.93. The normalized spacial score (nSPS) is 49.6. The van der Waals surface area contributed by atoms with E-state index in [1.807, 2.05) is 0 Å². The van der Waals surface area contributed by atoms with Gasteiger partial charge in [-0.2, -0.15) is 0 Å². The predicted molar refractivity (Wildman–Crippen MR) is 60.3 cm³/mol. The molecule has 2 heteroatoms. The van der Waals surface area contributed by atoms with Gasteiger partial charge >= 0.3 is 0 Å². The van der Waals surface area contributed by atoms with Crippen LogP contribution in [0.4, 0.5) is 0 Å². The zero-order valence-corrected chi connectivity index (χ0v) is 9.49. The number of aliphatic hydroxyl groups excluding tert-OH is 1. The fourth-order valence-corrected chi connectivity index (χ4v) is 5.05. The Labute approximate surface area is 92.2 Å². The number of rotatable bonds is 3. The average Bonchev–Trinajstić information content (AvgIpc) is 2.15. The van der Waals surface area contributed by atoms with E-state index in [1.54, 1.807) is 0 Å². The monoisotopic (exact) mass is 209 g/mol. The maximum atomic E-state index is 10.3. The number of hydrogen-bond donors (Lipinski definition) is 2. The summed E-state index contributed by atoms with van der Waals surface area (Å²) >= 11 is 0. The number of nitrogens with two attached hydrogens (primary N) is 1. The molecule has 2 nitrogen and oxygen atoms in total. The van der Waals surface area contributed by atoms with Crippen LogP contribution in [0.15, 0.2) is 0 Å². The third kappa shape index (κ3) is 1.53. The Balaban J connectivity index is 1.80. The Kier molecular flexibility index (Phi) is 2.33. The van der Waals surface area contributed by atoms with Crippen LogP contribution in [0.25, 0.3) is 0 Å². The lowest BCUT2D eigenvalue weighted by atomic mass is 9.48. The molecule has 4 rings (SSSR count). The van der Waals surface area contributed by atoms with Crippen molar-refractivity contribution in [3.63, 3.8) is 0 Å². The molecule has 4 fully saturated rings. The molecule has 0 unspecified atom stereocenters. The summed E-state index contributed by atoms with van der Waals surface area (Å²) < 4.78 is 0. The molecular weight excluding hydrogens is 186 g/mol. The smallest absolute Gasteiger partial charge is 0.0608 e. The summed E-state index contributed by atoms with van der Waals surface area (Å²) in [6, 6.07) is 0. The maximum Gasteiger partial charge on any atom is 0.0608 e. The summed E-state index contributed by atoms with van der Waals surface area (Å²) in [5.74, 6) is 2.80. The molecule has 4 bridgehead atoms. The summed E-state index contributed by atoms with van der Waals surface area (Å²) in [4.78, 5) is 0. The molecule has 86 valence electrons. The molecule has 4 saturated carbocycles. The van der Waals surface area contributed by atoms with Gasteiger partial charge in [0.1, 0.15) is 0 Å². The highest BCUT2D eigenvalue weighted by Crippen LogP contribution is 2.61. The van der Waals surface area contributed by atoms with Crippen molar-refractivity contribution in [3.05, 3.63) is 0 Å². The van der Waals surface area contributed by atoms with Gasteiger partial charge in [0.05, 0.1) is 6.10 Å². The second-order valence-corrected chi connectivity index (χ2v) is 6.37. The van der Waals surface area contributed by atoms with Crippen molar-refractivity contribution in [1.82, 2.24) is 0 Å². The van der Waals surface area contributed by atoms with Crippen molar-refractivity contribution in [2.45, 2.75) is 51.0 Å². The highest BCUT2D eigenvalue weighted by Gasteiger charge is 2.53. The second-order valence-electron chi connectivity index (χ2n) is 6.37. The van der Waals surface area contributed by atoms with Crippen molar-refractivity contribution in [1.29, 1.82) is 0 Å². The van der Waals surface area contributed by atoms with Gasteiger partial charge in [-0.1, -0.05) is 0 Å². The lowest BCUT2D eigenvalue weighted by Gasteiger charge is -2.58. The van der Waals surface area contributed by atoms with Gasteiger partial charge < -0.3 is 10.8 Å². The highest BCUT2D eigenvalue weighted by molar-refractivity contribution is 5.04. The topological polar surface area (TPSA) is 46.2 Å². The van der Waals surface area contributed by atoms with E-state index in [1.165, 1.54) is 38.5 Å². The van der Waals surface area contributed by atoms with Gasteiger partial charge in [-0.25, -0.2) is 0 Å². The Bertz CT molecular complexity index is 216. The van der Waals surface area contributed by atoms with Crippen LogP contribution in [-0.2, 0) is 0 Å². The molecule has 0 amide bonds. The molecule has 4 aliphatic carbocycles. The molecule has 1 atom stereocenters. The second kappa shape index (κ2) is 3.46. The molecule has 0 aromatic carbocycles. The van der Waals surface area contributed by atoms with E-state index in [9.17, 15) is 5.11 Å². The minimum Gasteiger partial charge on any atom is -0.393 e. The molecule has 0 radical (unpaired) electrons. The summed E-state index contributed by atoms with van der Waals surface area (Å²) in [7, 11) is 0. The van der Waals surface area contributed by atoms with Crippen LogP contribution < -0.4 is 5.73 Å². The van der Waals surface area contributed by atoms with Crippen molar-refractivity contribution in [3.8, 4) is 0 Å². The van der Waals surface area contributed by atoms with Gasteiger partial charge in [0.2, 0.25) is 0 Å². The van der Waals surface area contributed by atoms with Crippen molar-refractivity contribution >= 4 is 0 Å². The van der Waals surface area contributed by atoms with Crippen LogP contribution in [-0.4, -0.2) is 17.8 Å². The lowest BCUT2D eigenvalue weighted by Crippen LogP contribution is -2.52. The molecule has 0 spiro atoms. The molecule has 4 aliphatic rings. The van der Waals surface area contributed by atoms with E-state index in [0.29, 0.717) is 6.54 Å². The SMILES string of the molecule is NCC[C@H](O)C12CC3CC(CC(C3)C1)C2. The molecule has 0 aromatic rings. The van der Waals surface area contributed by atoms with Crippen LogP contribution in [0.5, 0.6) is 0 Å². The Morgan fingerprint density at radius 3 is 1.93 bits per heavy atom. The Hall–Kier alpha value is -0.0800. The predicted octanol–water partition coefficient (Wildman–Crippen LogP) is 1.91. The summed E-state index contributed by atoms with van der Waals surface area (Å²) in [5.41, 5.74) is 5.87. The third-order valence-electron chi connectivity index (χ3n) is 5.23. The van der Waals surface area contributed by atoms with Gasteiger partial charge in [-0.15, -0.1) is 0 Å². The van der Waals surface area contributed by atoms with E-state index < -0.39 is 0 Å².